The summed E-state index contributed by atoms with van der Waals surface area (Å²) in [4.78, 5) is 16.2. The monoisotopic (exact) mass is 165 g/mol. The Morgan fingerprint density at radius 2 is 2.42 bits per heavy atom. The second-order valence-corrected chi connectivity index (χ2v) is 1.83. The van der Waals surface area contributed by atoms with E-state index in [1.165, 1.54) is 0 Å². The van der Waals surface area contributed by atoms with Gasteiger partial charge in [-0.25, -0.2) is 4.98 Å². The summed E-state index contributed by atoms with van der Waals surface area (Å²) in [5.41, 5.74) is 4.95. The molecular formula is C5H3N5O2. The van der Waals surface area contributed by atoms with E-state index in [0.717, 1.165) is 6.20 Å². The van der Waals surface area contributed by atoms with Crippen LogP contribution in [0.2, 0.25) is 0 Å². The average molecular weight is 165 g/mol. The lowest BCUT2D eigenvalue weighted by Crippen LogP contribution is -2.01. The van der Waals surface area contributed by atoms with E-state index in [-0.39, 0.29) is 11.5 Å². The van der Waals surface area contributed by atoms with Crippen LogP contribution in [0.15, 0.2) is 6.20 Å². The predicted octanol–water partition coefficient (Wildman–Crippen LogP) is -0.161. The second-order valence-electron chi connectivity index (χ2n) is 1.83. The van der Waals surface area contributed by atoms with Crippen LogP contribution < -0.4 is 5.73 Å². The molecule has 0 atom stereocenters. The molecule has 0 saturated carbocycles. The Morgan fingerprint density at radius 3 is 2.92 bits per heavy atom. The molecular weight excluding hydrogens is 162 g/mol. The predicted molar refractivity (Wildman–Crippen MR) is 37.8 cm³/mol. The summed E-state index contributed by atoms with van der Waals surface area (Å²) in [7, 11) is 0. The van der Waals surface area contributed by atoms with E-state index in [0.29, 0.717) is 0 Å². The molecule has 0 amide bonds. The number of nitro groups is 1. The zero-order valence-corrected chi connectivity index (χ0v) is 5.76. The van der Waals surface area contributed by atoms with Crippen LogP contribution in [-0.2, 0) is 0 Å². The molecule has 7 heteroatoms. The van der Waals surface area contributed by atoms with Crippen molar-refractivity contribution in [2.45, 2.75) is 0 Å². The number of nitrogens with two attached hydrogens (primary N) is 1. The van der Waals surface area contributed by atoms with Crippen LogP contribution in [0.3, 0.4) is 0 Å². The SMILES string of the molecule is N#Cc1nc([N+](=O)[O-])cnc1N. The van der Waals surface area contributed by atoms with Crippen LogP contribution in [0.5, 0.6) is 0 Å². The van der Waals surface area contributed by atoms with Gasteiger partial charge < -0.3 is 15.8 Å². The molecule has 1 aromatic rings. The quantitative estimate of drug-likeness (QED) is 0.456. The highest BCUT2D eigenvalue weighted by atomic mass is 16.6. The van der Waals surface area contributed by atoms with Crippen LogP contribution >= 0.6 is 0 Å². The fraction of sp³-hybridized carbons (Fsp3) is 0. The molecule has 1 rings (SSSR count). The summed E-state index contributed by atoms with van der Waals surface area (Å²) < 4.78 is 0. The van der Waals surface area contributed by atoms with Crippen molar-refractivity contribution < 1.29 is 4.92 Å². The Hall–Kier alpha value is -2.23. The lowest BCUT2D eigenvalue weighted by molar-refractivity contribution is -0.389. The van der Waals surface area contributed by atoms with Crippen molar-refractivity contribution in [1.29, 1.82) is 5.26 Å². The minimum absolute atomic E-state index is 0.108. The molecule has 1 aromatic heterocycles. The maximum atomic E-state index is 10.1. The number of nitrogen functional groups attached to an aromatic ring is 1. The third-order valence-corrected chi connectivity index (χ3v) is 1.08. The molecule has 7 nitrogen and oxygen atoms in total. The van der Waals surface area contributed by atoms with Crippen molar-refractivity contribution in [3.8, 4) is 6.07 Å². The summed E-state index contributed by atoms with van der Waals surface area (Å²) in [5.74, 6) is -0.594. The number of rotatable bonds is 1. The molecule has 0 spiro atoms. The lowest BCUT2D eigenvalue weighted by atomic mass is 10.4. The van der Waals surface area contributed by atoms with Crippen LogP contribution in [0.25, 0.3) is 0 Å². The van der Waals surface area contributed by atoms with Gasteiger partial charge in [0, 0.05) is 0 Å². The van der Waals surface area contributed by atoms with Crippen LogP contribution in [-0.4, -0.2) is 14.9 Å². The molecule has 0 saturated heterocycles. The molecule has 0 aliphatic heterocycles. The highest BCUT2D eigenvalue weighted by molar-refractivity contribution is 5.44. The summed E-state index contributed by atoms with van der Waals surface area (Å²) in [6.45, 7) is 0. The maximum Gasteiger partial charge on any atom is 0.383 e. The Labute approximate surface area is 66.6 Å². The first-order valence-corrected chi connectivity index (χ1v) is 2.82. The van der Waals surface area contributed by atoms with E-state index >= 15 is 0 Å². The molecule has 0 bridgehead atoms. The third-order valence-electron chi connectivity index (χ3n) is 1.08. The van der Waals surface area contributed by atoms with Crippen molar-refractivity contribution in [2.75, 3.05) is 5.73 Å². The van der Waals surface area contributed by atoms with Gasteiger partial charge in [0.25, 0.3) is 5.69 Å². The molecule has 0 fully saturated rings. The Morgan fingerprint density at radius 1 is 1.75 bits per heavy atom. The van der Waals surface area contributed by atoms with E-state index in [2.05, 4.69) is 9.97 Å². The highest BCUT2D eigenvalue weighted by Crippen LogP contribution is 2.09. The van der Waals surface area contributed by atoms with Crippen LogP contribution in [0.4, 0.5) is 11.6 Å². The van der Waals surface area contributed by atoms with E-state index in [1.807, 2.05) is 0 Å². The summed E-state index contributed by atoms with van der Waals surface area (Å²) in [6, 6.07) is 1.59. The van der Waals surface area contributed by atoms with E-state index < -0.39 is 10.7 Å². The molecule has 0 radical (unpaired) electrons. The fourth-order valence-electron chi connectivity index (χ4n) is 0.559. The summed E-state index contributed by atoms with van der Waals surface area (Å²) in [6.07, 6.45) is 0.899. The Bertz CT molecular complexity index is 369. The first kappa shape index (κ1) is 7.87. The number of anilines is 1. The molecule has 0 aromatic carbocycles. The van der Waals surface area contributed by atoms with Crippen LogP contribution in [0, 0.1) is 21.4 Å². The topological polar surface area (TPSA) is 119 Å². The second kappa shape index (κ2) is 2.79. The minimum Gasteiger partial charge on any atom is -0.379 e. The van der Waals surface area contributed by atoms with Gasteiger partial charge >= 0.3 is 5.82 Å². The largest absolute Gasteiger partial charge is 0.383 e. The van der Waals surface area contributed by atoms with Crippen molar-refractivity contribution >= 4 is 11.6 Å². The van der Waals surface area contributed by atoms with E-state index in [1.54, 1.807) is 6.07 Å². The fourth-order valence-corrected chi connectivity index (χ4v) is 0.559. The third kappa shape index (κ3) is 1.27. The Kier molecular flexibility index (Phi) is 1.83. The highest BCUT2D eigenvalue weighted by Gasteiger charge is 2.13. The molecule has 1 heterocycles. The van der Waals surface area contributed by atoms with Gasteiger partial charge in [-0.1, -0.05) is 0 Å². The van der Waals surface area contributed by atoms with Gasteiger partial charge in [0.05, 0.1) is 0 Å². The smallest absolute Gasteiger partial charge is 0.379 e. The van der Waals surface area contributed by atoms with Crippen molar-refractivity contribution in [2.24, 2.45) is 0 Å². The first-order chi connectivity index (χ1) is 5.65. The molecule has 0 unspecified atom stereocenters. The summed E-state index contributed by atoms with van der Waals surface area (Å²) >= 11 is 0. The van der Waals surface area contributed by atoms with Gasteiger partial charge in [0.15, 0.2) is 11.9 Å². The maximum absolute atomic E-state index is 10.1. The number of hydrogen-bond donors (Lipinski definition) is 1. The molecule has 12 heavy (non-hydrogen) atoms. The van der Waals surface area contributed by atoms with E-state index in [4.69, 9.17) is 11.0 Å². The minimum atomic E-state index is -0.743. The molecule has 0 aliphatic carbocycles. The molecule has 60 valence electrons. The number of nitrogens with zero attached hydrogens (tertiary/aromatic N) is 4. The lowest BCUT2D eigenvalue weighted by Gasteiger charge is -1.91. The molecule has 2 N–H and O–H groups in total. The zero-order chi connectivity index (χ0) is 9.14. The first-order valence-electron chi connectivity index (χ1n) is 2.82. The number of aromatic nitrogens is 2. The van der Waals surface area contributed by atoms with Crippen molar-refractivity contribution in [1.82, 2.24) is 9.97 Å². The Balaban J connectivity index is 3.25. The van der Waals surface area contributed by atoms with Crippen molar-refractivity contribution in [3.63, 3.8) is 0 Å². The van der Waals surface area contributed by atoms with Crippen LogP contribution in [0.1, 0.15) is 5.69 Å². The molecule has 0 aliphatic rings. The van der Waals surface area contributed by atoms with Gasteiger partial charge in [-0.05, 0) is 9.91 Å². The van der Waals surface area contributed by atoms with Gasteiger partial charge in [-0.3, -0.25) is 0 Å². The number of nitriles is 1. The van der Waals surface area contributed by atoms with Gasteiger partial charge in [-0.2, -0.15) is 5.26 Å². The van der Waals surface area contributed by atoms with Gasteiger partial charge in [0.1, 0.15) is 6.20 Å². The number of hydrogen-bond acceptors (Lipinski definition) is 6. The van der Waals surface area contributed by atoms with Gasteiger partial charge in [-0.15, -0.1) is 0 Å². The van der Waals surface area contributed by atoms with Gasteiger partial charge in [0.2, 0.25) is 0 Å². The zero-order valence-electron chi connectivity index (χ0n) is 5.76. The average Bonchev–Trinajstić information content (AvgIpc) is 2.05. The van der Waals surface area contributed by atoms with Crippen molar-refractivity contribution in [3.05, 3.63) is 22.0 Å². The normalized spacial score (nSPS) is 8.92. The standard InChI is InChI=1S/C5H3N5O2/c6-1-3-5(7)8-2-4(9-3)10(11)12/h2H,(H2,7,8). The summed E-state index contributed by atoms with van der Waals surface area (Å²) in [5, 5.41) is 18.5. The van der Waals surface area contributed by atoms with E-state index in [9.17, 15) is 10.1 Å².